The number of hydrogen-bond acceptors (Lipinski definition) is 4. The lowest BCUT2D eigenvalue weighted by molar-refractivity contribution is -0.121. The maximum atomic E-state index is 13.2. The SMILES string of the molecule is CC(=O)N[C@@]12CCCC[C@@H]1CN(C(=O)c1cncc3c1CCNC3=O)C2. The largest absolute Gasteiger partial charge is 0.352 e. The zero-order chi connectivity index (χ0) is 18.3. The fourth-order valence-electron chi connectivity index (χ4n) is 4.87. The molecule has 1 aliphatic carbocycles. The molecular weight excluding hydrogens is 332 g/mol. The van der Waals surface area contributed by atoms with Crippen molar-refractivity contribution in [3.8, 4) is 0 Å². The van der Waals surface area contributed by atoms with Gasteiger partial charge in [0, 0.05) is 44.9 Å². The van der Waals surface area contributed by atoms with Gasteiger partial charge in [-0.1, -0.05) is 12.8 Å². The summed E-state index contributed by atoms with van der Waals surface area (Å²) in [7, 11) is 0. The van der Waals surface area contributed by atoms with Crippen molar-refractivity contribution in [3.05, 3.63) is 29.1 Å². The third kappa shape index (κ3) is 2.75. The van der Waals surface area contributed by atoms with Crippen LogP contribution in [0.3, 0.4) is 0 Å². The first-order valence-electron chi connectivity index (χ1n) is 9.33. The summed E-state index contributed by atoms with van der Waals surface area (Å²) in [5.41, 5.74) is 1.50. The van der Waals surface area contributed by atoms with Crippen molar-refractivity contribution in [3.63, 3.8) is 0 Å². The van der Waals surface area contributed by atoms with Crippen LogP contribution in [0.25, 0.3) is 0 Å². The standard InChI is InChI=1S/C19H24N4O3/c1-12(24)22-19-6-3-2-4-13(19)10-23(11-19)18(26)16-9-20-8-15-14(16)5-7-21-17(15)25/h8-9,13H,2-7,10-11H2,1H3,(H,21,25)(H,22,24)/t13-,19-/m1/s1. The van der Waals surface area contributed by atoms with Crippen LogP contribution in [-0.2, 0) is 11.2 Å². The molecule has 0 aromatic carbocycles. The van der Waals surface area contributed by atoms with Crippen LogP contribution in [0.5, 0.6) is 0 Å². The Morgan fingerprint density at radius 2 is 2.19 bits per heavy atom. The van der Waals surface area contributed by atoms with Gasteiger partial charge in [0.1, 0.15) is 0 Å². The molecular formula is C19H24N4O3. The average molecular weight is 356 g/mol. The molecule has 0 spiro atoms. The number of hydrogen-bond donors (Lipinski definition) is 2. The van der Waals surface area contributed by atoms with E-state index in [2.05, 4.69) is 15.6 Å². The summed E-state index contributed by atoms with van der Waals surface area (Å²) in [6.07, 6.45) is 7.89. The van der Waals surface area contributed by atoms with Gasteiger partial charge >= 0.3 is 0 Å². The van der Waals surface area contributed by atoms with Gasteiger partial charge in [0.25, 0.3) is 11.8 Å². The molecule has 2 N–H and O–H groups in total. The molecule has 3 heterocycles. The molecule has 26 heavy (non-hydrogen) atoms. The maximum Gasteiger partial charge on any atom is 0.255 e. The number of aromatic nitrogens is 1. The number of carbonyl (C=O) groups is 3. The number of pyridine rings is 1. The van der Waals surface area contributed by atoms with E-state index >= 15 is 0 Å². The molecule has 7 nitrogen and oxygen atoms in total. The predicted molar refractivity (Wildman–Crippen MR) is 94.7 cm³/mol. The molecule has 2 aliphatic heterocycles. The minimum atomic E-state index is -0.306. The average Bonchev–Trinajstić information content (AvgIpc) is 2.99. The van der Waals surface area contributed by atoms with Crippen molar-refractivity contribution >= 4 is 17.7 Å². The Balaban J connectivity index is 1.63. The van der Waals surface area contributed by atoms with Crippen molar-refractivity contribution in [1.29, 1.82) is 0 Å². The Kier molecular flexibility index (Phi) is 4.17. The van der Waals surface area contributed by atoms with Crippen LogP contribution in [0, 0.1) is 5.92 Å². The first-order valence-corrected chi connectivity index (χ1v) is 9.33. The summed E-state index contributed by atoms with van der Waals surface area (Å²) < 4.78 is 0. The Bertz CT molecular complexity index is 778. The van der Waals surface area contributed by atoms with E-state index in [1.807, 2.05) is 4.90 Å². The number of nitrogens with one attached hydrogen (secondary N) is 2. The highest BCUT2D eigenvalue weighted by molar-refractivity contribution is 6.02. The first kappa shape index (κ1) is 17.0. The van der Waals surface area contributed by atoms with Crippen LogP contribution < -0.4 is 10.6 Å². The molecule has 3 amide bonds. The lowest BCUT2D eigenvalue weighted by atomic mass is 9.75. The van der Waals surface area contributed by atoms with Gasteiger partial charge in [0.15, 0.2) is 0 Å². The third-order valence-corrected chi connectivity index (χ3v) is 6.03. The number of carbonyl (C=O) groups excluding carboxylic acids is 3. The highest BCUT2D eigenvalue weighted by atomic mass is 16.2. The van der Waals surface area contributed by atoms with E-state index in [0.29, 0.717) is 43.1 Å². The summed E-state index contributed by atoms with van der Waals surface area (Å²) in [6, 6.07) is 0. The maximum absolute atomic E-state index is 13.2. The predicted octanol–water partition coefficient (Wildman–Crippen LogP) is 0.888. The Labute approximate surface area is 152 Å². The summed E-state index contributed by atoms with van der Waals surface area (Å²) in [4.78, 5) is 43.0. The molecule has 4 rings (SSSR count). The Hall–Kier alpha value is -2.44. The molecule has 1 saturated heterocycles. The molecule has 0 bridgehead atoms. The molecule has 0 radical (unpaired) electrons. The second-order valence-corrected chi connectivity index (χ2v) is 7.68. The molecule has 1 aromatic heterocycles. The number of amides is 3. The molecule has 138 valence electrons. The quantitative estimate of drug-likeness (QED) is 0.823. The van der Waals surface area contributed by atoms with Crippen molar-refractivity contribution in [2.45, 2.75) is 44.6 Å². The van der Waals surface area contributed by atoms with Crippen molar-refractivity contribution in [2.24, 2.45) is 5.92 Å². The van der Waals surface area contributed by atoms with Crippen LogP contribution in [0.2, 0.25) is 0 Å². The Morgan fingerprint density at radius 3 is 3.00 bits per heavy atom. The zero-order valence-electron chi connectivity index (χ0n) is 15.0. The summed E-state index contributed by atoms with van der Waals surface area (Å²) in [5.74, 6) is 0.00269. The van der Waals surface area contributed by atoms with Crippen LogP contribution in [0.1, 0.15) is 58.9 Å². The molecule has 2 fully saturated rings. The fourth-order valence-corrected chi connectivity index (χ4v) is 4.87. The van der Waals surface area contributed by atoms with Gasteiger partial charge in [-0.3, -0.25) is 19.4 Å². The van der Waals surface area contributed by atoms with Gasteiger partial charge in [-0.15, -0.1) is 0 Å². The van der Waals surface area contributed by atoms with Crippen molar-refractivity contribution < 1.29 is 14.4 Å². The second-order valence-electron chi connectivity index (χ2n) is 7.68. The van der Waals surface area contributed by atoms with E-state index in [4.69, 9.17) is 0 Å². The van der Waals surface area contributed by atoms with Gasteiger partial charge in [0.05, 0.1) is 16.7 Å². The highest BCUT2D eigenvalue weighted by Crippen LogP contribution is 2.40. The normalized spacial score (nSPS) is 27.3. The van der Waals surface area contributed by atoms with Gasteiger partial charge in [-0.05, 0) is 24.8 Å². The van der Waals surface area contributed by atoms with Crippen LogP contribution in [0.15, 0.2) is 12.4 Å². The lowest BCUT2D eigenvalue weighted by Crippen LogP contribution is -2.55. The van der Waals surface area contributed by atoms with Crippen molar-refractivity contribution in [1.82, 2.24) is 20.5 Å². The summed E-state index contributed by atoms with van der Waals surface area (Å²) in [5, 5.41) is 5.94. The van der Waals surface area contributed by atoms with Crippen molar-refractivity contribution in [2.75, 3.05) is 19.6 Å². The smallest absolute Gasteiger partial charge is 0.255 e. The number of fused-ring (bicyclic) bond motifs is 2. The molecule has 2 atom stereocenters. The van der Waals surface area contributed by atoms with Gasteiger partial charge in [-0.25, -0.2) is 0 Å². The van der Waals surface area contributed by atoms with E-state index in [0.717, 1.165) is 31.2 Å². The fraction of sp³-hybridized carbons (Fsp3) is 0.579. The van der Waals surface area contributed by atoms with Crippen LogP contribution in [0.4, 0.5) is 0 Å². The minimum absolute atomic E-state index is 0.0402. The van der Waals surface area contributed by atoms with E-state index in [1.165, 1.54) is 6.20 Å². The molecule has 0 unspecified atom stereocenters. The monoisotopic (exact) mass is 356 g/mol. The second kappa shape index (κ2) is 6.37. The number of likely N-dealkylation sites (tertiary alicyclic amines) is 1. The summed E-state index contributed by atoms with van der Waals surface area (Å²) >= 11 is 0. The number of nitrogens with zero attached hydrogens (tertiary/aromatic N) is 2. The first-order chi connectivity index (χ1) is 12.5. The lowest BCUT2D eigenvalue weighted by Gasteiger charge is -2.38. The van der Waals surface area contributed by atoms with E-state index < -0.39 is 0 Å². The highest BCUT2D eigenvalue weighted by Gasteiger charge is 2.49. The third-order valence-electron chi connectivity index (χ3n) is 6.03. The summed E-state index contributed by atoms with van der Waals surface area (Å²) in [6.45, 7) is 3.26. The van der Waals surface area contributed by atoms with E-state index in [1.54, 1.807) is 13.1 Å². The zero-order valence-corrected chi connectivity index (χ0v) is 15.0. The molecule has 3 aliphatic rings. The van der Waals surface area contributed by atoms with Crippen LogP contribution >= 0.6 is 0 Å². The topological polar surface area (TPSA) is 91.4 Å². The van der Waals surface area contributed by atoms with Crippen LogP contribution in [-0.4, -0.2) is 52.8 Å². The molecule has 7 heteroatoms. The Morgan fingerprint density at radius 1 is 1.35 bits per heavy atom. The molecule has 1 saturated carbocycles. The van der Waals surface area contributed by atoms with Gasteiger partial charge < -0.3 is 15.5 Å². The van der Waals surface area contributed by atoms with Gasteiger partial charge in [-0.2, -0.15) is 0 Å². The van der Waals surface area contributed by atoms with E-state index in [9.17, 15) is 14.4 Å². The minimum Gasteiger partial charge on any atom is -0.352 e. The van der Waals surface area contributed by atoms with E-state index in [-0.39, 0.29) is 23.3 Å². The number of rotatable bonds is 2. The van der Waals surface area contributed by atoms with Gasteiger partial charge in [0.2, 0.25) is 5.91 Å². The molecule has 1 aromatic rings.